The summed E-state index contributed by atoms with van der Waals surface area (Å²) in [7, 11) is 0. The molecule has 0 spiro atoms. The lowest BCUT2D eigenvalue weighted by Crippen LogP contribution is -2.09. The molecule has 0 saturated carbocycles. The van der Waals surface area contributed by atoms with Crippen LogP contribution in [0, 0.1) is 18.3 Å². The lowest BCUT2D eigenvalue weighted by molar-refractivity contribution is 1.02. The summed E-state index contributed by atoms with van der Waals surface area (Å²) >= 11 is 0. The van der Waals surface area contributed by atoms with Crippen LogP contribution in [0.3, 0.4) is 0 Å². The summed E-state index contributed by atoms with van der Waals surface area (Å²) in [6, 6.07) is 3.69. The fourth-order valence-electron chi connectivity index (χ4n) is 1.16. The van der Waals surface area contributed by atoms with Gasteiger partial charge in [-0.3, -0.25) is 0 Å². The van der Waals surface area contributed by atoms with Gasteiger partial charge in [0.2, 0.25) is 0 Å². The Kier molecular flexibility index (Phi) is 1.43. The predicted molar refractivity (Wildman–Crippen MR) is 45.3 cm³/mol. The van der Waals surface area contributed by atoms with Gasteiger partial charge in [0, 0.05) is 6.20 Å². The van der Waals surface area contributed by atoms with Crippen molar-refractivity contribution in [3.8, 4) is 6.07 Å². The van der Waals surface area contributed by atoms with E-state index in [1.54, 1.807) is 13.0 Å². The lowest BCUT2D eigenvalue weighted by Gasteiger charge is -1.95. The summed E-state index contributed by atoms with van der Waals surface area (Å²) in [6.45, 7) is 1.80. The highest BCUT2D eigenvalue weighted by Crippen LogP contribution is 2.07. The zero-order chi connectivity index (χ0) is 9.42. The quantitative estimate of drug-likeness (QED) is 0.620. The first kappa shape index (κ1) is 7.55. The Morgan fingerprint density at radius 3 is 3.15 bits per heavy atom. The molecule has 5 nitrogen and oxygen atoms in total. The number of nitriles is 1. The summed E-state index contributed by atoms with van der Waals surface area (Å²) in [6.07, 6.45) is 1.48. The van der Waals surface area contributed by atoms with Crippen molar-refractivity contribution in [3.05, 3.63) is 33.9 Å². The third kappa shape index (κ3) is 0.999. The Morgan fingerprint density at radius 2 is 2.46 bits per heavy atom. The van der Waals surface area contributed by atoms with E-state index in [0.29, 0.717) is 11.2 Å². The van der Waals surface area contributed by atoms with E-state index in [4.69, 9.17) is 5.26 Å². The van der Waals surface area contributed by atoms with Crippen molar-refractivity contribution < 1.29 is 0 Å². The molecule has 0 saturated heterocycles. The molecular formula is C8H6N4O. The number of nitrogens with one attached hydrogen (secondary N) is 1. The van der Waals surface area contributed by atoms with Crippen molar-refractivity contribution in [1.82, 2.24) is 14.6 Å². The number of nitrogens with zero attached hydrogens (tertiary/aromatic N) is 3. The number of hydrogen-bond donors (Lipinski definition) is 1. The van der Waals surface area contributed by atoms with Gasteiger partial charge < -0.3 is 0 Å². The van der Waals surface area contributed by atoms with E-state index >= 15 is 0 Å². The molecule has 13 heavy (non-hydrogen) atoms. The Labute approximate surface area is 73.2 Å². The number of H-pyrrole nitrogens is 1. The number of hydrogen-bond acceptors (Lipinski definition) is 3. The fraction of sp³-hybridized carbons (Fsp3) is 0.125. The number of rotatable bonds is 0. The van der Waals surface area contributed by atoms with E-state index in [2.05, 4.69) is 10.2 Å². The van der Waals surface area contributed by atoms with Gasteiger partial charge in [0.25, 0.3) is 0 Å². The number of aryl methyl sites for hydroxylation is 1. The van der Waals surface area contributed by atoms with Crippen LogP contribution in [-0.2, 0) is 0 Å². The largest absolute Gasteiger partial charge is 0.347 e. The highest BCUT2D eigenvalue weighted by molar-refractivity contribution is 5.46. The van der Waals surface area contributed by atoms with Crippen LogP contribution in [0.2, 0.25) is 0 Å². The summed E-state index contributed by atoms with van der Waals surface area (Å²) in [5, 5.41) is 14.8. The molecule has 0 aliphatic heterocycles. The minimum absolute atomic E-state index is 0.327. The highest BCUT2D eigenvalue weighted by Gasteiger charge is 2.03. The van der Waals surface area contributed by atoms with Crippen LogP contribution in [0.1, 0.15) is 11.1 Å². The molecule has 0 radical (unpaired) electrons. The van der Waals surface area contributed by atoms with Crippen molar-refractivity contribution in [1.29, 1.82) is 5.26 Å². The van der Waals surface area contributed by atoms with E-state index in [1.807, 2.05) is 6.07 Å². The smallest absolute Gasteiger partial charge is 0.249 e. The molecule has 2 aromatic heterocycles. The molecule has 2 aromatic rings. The first-order valence-corrected chi connectivity index (χ1v) is 3.70. The predicted octanol–water partition coefficient (Wildman–Crippen LogP) is 0.203. The van der Waals surface area contributed by atoms with Gasteiger partial charge in [0.05, 0.1) is 5.56 Å². The molecule has 0 aliphatic rings. The standard InChI is InChI=1S/C8H6N4O/c1-5-2-7-10-11-8(13)12(7)4-6(5)3-9/h2,4H,1H3,(H,11,13). The second kappa shape index (κ2) is 2.45. The average molecular weight is 174 g/mol. The van der Waals surface area contributed by atoms with Crippen molar-refractivity contribution in [2.75, 3.05) is 0 Å². The number of aromatic amines is 1. The van der Waals surface area contributed by atoms with Crippen LogP contribution in [-0.4, -0.2) is 14.6 Å². The van der Waals surface area contributed by atoms with Gasteiger partial charge in [-0.15, -0.1) is 0 Å². The van der Waals surface area contributed by atoms with Gasteiger partial charge in [-0.05, 0) is 18.6 Å². The maximum absolute atomic E-state index is 11.1. The topological polar surface area (TPSA) is 73.9 Å². The summed E-state index contributed by atoms with van der Waals surface area (Å²) < 4.78 is 1.31. The first-order valence-electron chi connectivity index (χ1n) is 3.70. The van der Waals surface area contributed by atoms with Gasteiger partial charge >= 0.3 is 5.69 Å². The van der Waals surface area contributed by atoms with E-state index in [1.165, 1.54) is 10.6 Å². The van der Waals surface area contributed by atoms with Crippen molar-refractivity contribution in [3.63, 3.8) is 0 Å². The van der Waals surface area contributed by atoms with Gasteiger partial charge in [0.15, 0.2) is 5.65 Å². The van der Waals surface area contributed by atoms with Gasteiger partial charge in [-0.1, -0.05) is 0 Å². The fourth-order valence-corrected chi connectivity index (χ4v) is 1.16. The highest BCUT2D eigenvalue weighted by atomic mass is 16.1. The van der Waals surface area contributed by atoms with E-state index in [0.717, 1.165) is 5.56 Å². The van der Waals surface area contributed by atoms with Gasteiger partial charge in [-0.25, -0.2) is 14.3 Å². The molecule has 5 heteroatoms. The second-order valence-electron chi connectivity index (χ2n) is 2.74. The number of fused-ring (bicyclic) bond motifs is 1. The SMILES string of the molecule is Cc1cc2n[nH]c(=O)n2cc1C#N. The molecule has 0 amide bonds. The third-order valence-corrected chi connectivity index (χ3v) is 1.88. The first-order chi connectivity index (χ1) is 6.22. The normalized spacial score (nSPS) is 10.2. The molecule has 0 atom stereocenters. The molecule has 0 aliphatic carbocycles. The van der Waals surface area contributed by atoms with E-state index in [-0.39, 0.29) is 5.69 Å². The van der Waals surface area contributed by atoms with Crippen LogP contribution in [0.4, 0.5) is 0 Å². The maximum Gasteiger partial charge on any atom is 0.347 e. The van der Waals surface area contributed by atoms with Crippen molar-refractivity contribution in [2.24, 2.45) is 0 Å². The summed E-state index contributed by atoms with van der Waals surface area (Å²) in [5.74, 6) is 0. The Hall–Kier alpha value is -2.09. The minimum atomic E-state index is -0.327. The Bertz CT molecular complexity index is 558. The zero-order valence-electron chi connectivity index (χ0n) is 6.90. The Balaban J connectivity index is 2.95. The third-order valence-electron chi connectivity index (χ3n) is 1.88. The molecule has 2 heterocycles. The molecule has 2 rings (SSSR count). The minimum Gasteiger partial charge on any atom is -0.249 e. The van der Waals surface area contributed by atoms with Crippen LogP contribution < -0.4 is 5.69 Å². The monoisotopic (exact) mass is 174 g/mol. The van der Waals surface area contributed by atoms with Gasteiger partial charge in [0.1, 0.15) is 6.07 Å². The van der Waals surface area contributed by atoms with Crippen LogP contribution in [0.5, 0.6) is 0 Å². The van der Waals surface area contributed by atoms with Crippen LogP contribution in [0.25, 0.3) is 5.65 Å². The molecule has 64 valence electrons. The Morgan fingerprint density at radius 1 is 1.69 bits per heavy atom. The molecule has 0 aromatic carbocycles. The van der Waals surface area contributed by atoms with E-state index < -0.39 is 0 Å². The molecular weight excluding hydrogens is 168 g/mol. The number of aromatic nitrogens is 3. The average Bonchev–Trinajstić information content (AvgIpc) is 2.46. The van der Waals surface area contributed by atoms with Crippen LogP contribution in [0.15, 0.2) is 17.1 Å². The van der Waals surface area contributed by atoms with Crippen molar-refractivity contribution in [2.45, 2.75) is 6.92 Å². The molecule has 0 fully saturated rings. The van der Waals surface area contributed by atoms with Crippen molar-refractivity contribution >= 4 is 5.65 Å². The van der Waals surface area contributed by atoms with Crippen LogP contribution >= 0.6 is 0 Å². The maximum atomic E-state index is 11.1. The molecule has 0 bridgehead atoms. The van der Waals surface area contributed by atoms with Gasteiger partial charge in [-0.2, -0.15) is 10.4 Å². The number of pyridine rings is 1. The molecule has 1 N–H and O–H groups in total. The second-order valence-corrected chi connectivity index (χ2v) is 2.74. The summed E-state index contributed by atoms with van der Waals surface area (Å²) in [4.78, 5) is 11.1. The zero-order valence-corrected chi connectivity index (χ0v) is 6.90. The summed E-state index contributed by atoms with van der Waals surface area (Å²) in [5.41, 5.74) is 1.50. The lowest BCUT2D eigenvalue weighted by atomic mass is 10.2. The molecule has 0 unspecified atom stereocenters. The van der Waals surface area contributed by atoms with E-state index in [9.17, 15) is 4.79 Å².